The van der Waals surface area contributed by atoms with Crippen LogP contribution in [0.15, 0.2) is 87.8 Å². The maximum absolute atomic E-state index is 13.9. The summed E-state index contributed by atoms with van der Waals surface area (Å²) in [6.45, 7) is 3.60. The Bertz CT molecular complexity index is 1920. The normalized spacial score (nSPS) is 14.4. The highest BCUT2D eigenvalue weighted by atomic mass is 32.1. The predicted molar refractivity (Wildman–Crippen MR) is 164 cm³/mol. The van der Waals surface area contributed by atoms with E-state index in [1.165, 1.54) is 23.0 Å². The van der Waals surface area contributed by atoms with Gasteiger partial charge in [-0.3, -0.25) is 9.36 Å². The largest absolute Gasteiger partial charge is 0.497 e. The van der Waals surface area contributed by atoms with Crippen LogP contribution in [0.4, 0.5) is 0 Å². The molecule has 0 radical (unpaired) electrons. The molecule has 0 saturated carbocycles. The van der Waals surface area contributed by atoms with E-state index in [9.17, 15) is 14.4 Å². The van der Waals surface area contributed by atoms with E-state index in [2.05, 4.69) is 4.99 Å². The number of benzene rings is 3. The number of esters is 2. The molecular formula is C33H30N2O8S. The lowest BCUT2D eigenvalue weighted by Crippen LogP contribution is -2.40. The zero-order valence-corrected chi connectivity index (χ0v) is 25.6. The zero-order chi connectivity index (χ0) is 31.4. The van der Waals surface area contributed by atoms with Crippen molar-refractivity contribution in [2.24, 2.45) is 4.99 Å². The van der Waals surface area contributed by atoms with Crippen molar-refractivity contribution in [1.29, 1.82) is 0 Å². The number of nitrogens with zero attached hydrogens (tertiary/aromatic N) is 2. The van der Waals surface area contributed by atoms with Gasteiger partial charge < -0.3 is 23.7 Å². The van der Waals surface area contributed by atoms with E-state index in [1.807, 2.05) is 0 Å². The number of fused-ring (bicyclic) bond motifs is 1. The van der Waals surface area contributed by atoms with Crippen LogP contribution < -0.4 is 33.8 Å². The van der Waals surface area contributed by atoms with Crippen LogP contribution in [0.1, 0.15) is 41.4 Å². The van der Waals surface area contributed by atoms with Crippen molar-refractivity contribution in [2.45, 2.75) is 19.9 Å². The second kappa shape index (κ2) is 13.0. The van der Waals surface area contributed by atoms with Gasteiger partial charge in [-0.1, -0.05) is 23.5 Å². The quantitative estimate of drug-likeness (QED) is 0.205. The molecule has 0 amide bonds. The maximum Gasteiger partial charge on any atom is 0.343 e. The van der Waals surface area contributed by atoms with Crippen molar-refractivity contribution in [1.82, 2.24) is 4.57 Å². The molecule has 0 fully saturated rings. The molecule has 0 aliphatic carbocycles. The van der Waals surface area contributed by atoms with Crippen LogP contribution in [0, 0.1) is 0 Å². The minimum atomic E-state index is -0.840. The number of allylic oxidation sites excluding steroid dienone is 1. The monoisotopic (exact) mass is 614 g/mol. The number of carbonyl (C=O) groups is 2. The highest BCUT2D eigenvalue weighted by molar-refractivity contribution is 7.07. The first-order valence-corrected chi connectivity index (χ1v) is 14.5. The van der Waals surface area contributed by atoms with Crippen LogP contribution in [-0.4, -0.2) is 44.4 Å². The number of ether oxygens (including phenoxy) is 5. The zero-order valence-electron chi connectivity index (χ0n) is 24.8. The summed E-state index contributed by atoms with van der Waals surface area (Å²) in [5.41, 5.74) is 2.04. The summed E-state index contributed by atoms with van der Waals surface area (Å²) in [6, 6.07) is 17.8. The maximum atomic E-state index is 13.9. The summed E-state index contributed by atoms with van der Waals surface area (Å²) >= 11 is 1.20. The minimum absolute atomic E-state index is 0.165. The molecular weight excluding hydrogens is 584 g/mol. The molecule has 2 heterocycles. The van der Waals surface area contributed by atoms with Gasteiger partial charge in [0.15, 0.2) is 4.80 Å². The SMILES string of the molecule is CCOC(=O)C1=C(C)N=c2s/c(=C\c3ccc(OC(=O)c4ccc(OC)cc4)cc3)c(=O)n2[C@@H]1c1ccc(OC)cc1OC. The van der Waals surface area contributed by atoms with Gasteiger partial charge in [-0.25, -0.2) is 14.6 Å². The Hall–Kier alpha value is -5.16. The van der Waals surface area contributed by atoms with E-state index in [0.717, 1.165) is 0 Å². The van der Waals surface area contributed by atoms with Crippen LogP contribution in [0.25, 0.3) is 6.08 Å². The fourth-order valence-corrected chi connectivity index (χ4v) is 5.85. The van der Waals surface area contributed by atoms with Crippen molar-refractivity contribution in [3.63, 3.8) is 0 Å². The van der Waals surface area contributed by atoms with Crippen molar-refractivity contribution < 1.29 is 33.3 Å². The van der Waals surface area contributed by atoms with Crippen LogP contribution in [-0.2, 0) is 9.53 Å². The third kappa shape index (κ3) is 6.00. The van der Waals surface area contributed by atoms with E-state index in [-0.39, 0.29) is 17.7 Å². The molecule has 1 aliphatic heterocycles. The molecule has 0 saturated heterocycles. The average molecular weight is 615 g/mol. The first-order valence-electron chi connectivity index (χ1n) is 13.7. The van der Waals surface area contributed by atoms with E-state index in [0.29, 0.717) is 54.7 Å². The Morgan fingerprint density at radius 1 is 0.886 bits per heavy atom. The van der Waals surface area contributed by atoms with Gasteiger partial charge >= 0.3 is 11.9 Å². The third-order valence-corrected chi connectivity index (χ3v) is 7.95. The van der Waals surface area contributed by atoms with Gasteiger partial charge in [0.25, 0.3) is 5.56 Å². The van der Waals surface area contributed by atoms with E-state index in [1.54, 1.807) is 101 Å². The topological polar surface area (TPSA) is 115 Å². The molecule has 44 heavy (non-hydrogen) atoms. The molecule has 10 nitrogen and oxygen atoms in total. The Labute approximate surface area is 257 Å². The van der Waals surface area contributed by atoms with Gasteiger partial charge in [-0.05, 0) is 74.0 Å². The standard InChI is InChI=1S/C33H30N2O8S/c1-6-42-32(38)28-19(2)34-33-35(29(28)25-16-15-24(40-4)18-26(25)41-5)30(36)27(44-33)17-20-7-11-23(12-8-20)43-31(37)21-9-13-22(39-3)14-10-21/h7-18,29H,6H2,1-5H3/b27-17-/t29-/m1/s1. The molecule has 11 heteroatoms. The summed E-state index contributed by atoms with van der Waals surface area (Å²) in [6.07, 6.45) is 1.73. The Morgan fingerprint density at radius 3 is 2.18 bits per heavy atom. The summed E-state index contributed by atoms with van der Waals surface area (Å²) < 4.78 is 28.9. The van der Waals surface area contributed by atoms with Crippen LogP contribution in [0.2, 0.25) is 0 Å². The second-order valence-corrected chi connectivity index (χ2v) is 10.6. The van der Waals surface area contributed by atoms with Gasteiger partial charge in [0.05, 0.1) is 49.3 Å². The molecule has 3 aromatic carbocycles. The molecule has 1 aromatic heterocycles. The third-order valence-electron chi connectivity index (χ3n) is 6.97. The van der Waals surface area contributed by atoms with Crippen molar-refractivity contribution in [2.75, 3.05) is 27.9 Å². The first kappa shape index (κ1) is 30.3. The summed E-state index contributed by atoms with van der Waals surface area (Å²) in [7, 11) is 4.61. The number of rotatable bonds is 9. The number of aromatic nitrogens is 1. The molecule has 1 aliphatic rings. The lowest BCUT2D eigenvalue weighted by atomic mass is 9.95. The number of hydrogen-bond donors (Lipinski definition) is 0. The summed E-state index contributed by atoms with van der Waals surface area (Å²) in [5, 5.41) is 0. The van der Waals surface area contributed by atoms with Gasteiger partial charge in [0.2, 0.25) is 0 Å². The molecule has 0 spiro atoms. The summed E-state index contributed by atoms with van der Waals surface area (Å²) in [5.74, 6) is 0.930. The molecule has 1 atom stereocenters. The molecule has 4 aromatic rings. The van der Waals surface area contributed by atoms with Crippen molar-refractivity contribution >= 4 is 29.4 Å². The smallest absolute Gasteiger partial charge is 0.343 e. The minimum Gasteiger partial charge on any atom is -0.497 e. The predicted octanol–water partition coefficient (Wildman–Crippen LogP) is 4.04. The number of hydrogen-bond acceptors (Lipinski definition) is 10. The van der Waals surface area contributed by atoms with Gasteiger partial charge in [-0.15, -0.1) is 0 Å². The van der Waals surface area contributed by atoms with E-state index in [4.69, 9.17) is 23.7 Å². The Balaban J connectivity index is 1.52. The molecule has 5 rings (SSSR count). The number of thiazole rings is 1. The van der Waals surface area contributed by atoms with E-state index >= 15 is 0 Å². The lowest BCUT2D eigenvalue weighted by Gasteiger charge is -2.26. The van der Waals surface area contributed by atoms with E-state index < -0.39 is 18.0 Å². The molecule has 0 N–H and O–H groups in total. The second-order valence-electron chi connectivity index (χ2n) is 9.60. The van der Waals surface area contributed by atoms with Gasteiger partial charge in [0.1, 0.15) is 29.0 Å². The van der Waals surface area contributed by atoms with Crippen LogP contribution in [0.3, 0.4) is 0 Å². The van der Waals surface area contributed by atoms with Crippen molar-refractivity contribution in [3.8, 4) is 23.0 Å². The first-order chi connectivity index (χ1) is 21.3. The lowest BCUT2D eigenvalue weighted by molar-refractivity contribution is -0.139. The van der Waals surface area contributed by atoms with Crippen molar-refractivity contribution in [3.05, 3.63) is 114 Å². The summed E-state index contributed by atoms with van der Waals surface area (Å²) in [4.78, 5) is 44.7. The Kier molecular flexibility index (Phi) is 8.96. The molecule has 0 unspecified atom stereocenters. The van der Waals surface area contributed by atoms with Crippen LogP contribution in [0.5, 0.6) is 23.0 Å². The number of carbonyl (C=O) groups excluding carboxylic acids is 2. The average Bonchev–Trinajstić information content (AvgIpc) is 3.34. The molecule has 226 valence electrons. The highest BCUT2D eigenvalue weighted by Crippen LogP contribution is 2.37. The van der Waals surface area contributed by atoms with Gasteiger partial charge in [0, 0.05) is 11.6 Å². The Morgan fingerprint density at radius 2 is 1.55 bits per heavy atom. The molecule has 0 bridgehead atoms. The number of methoxy groups -OCH3 is 3. The highest BCUT2D eigenvalue weighted by Gasteiger charge is 2.35. The fourth-order valence-electron chi connectivity index (χ4n) is 4.81. The van der Waals surface area contributed by atoms with Crippen LogP contribution >= 0.6 is 11.3 Å². The van der Waals surface area contributed by atoms with Gasteiger partial charge in [-0.2, -0.15) is 0 Å². The fraction of sp³-hybridized carbons (Fsp3) is 0.212.